The van der Waals surface area contributed by atoms with Crippen LogP contribution in [0.1, 0.15) is 6.92 Å². The molecule has 0 unspecified atom stereocenters. The first-order valence-electron chi connectivity index (χ1n) is 1.14. The number of halogens is 1. The minimum Gasteiger partial charge on any atom is -0.199 e. The molecule has 0 radical (unpaired) electrons. The summed E-state index contributed by atoms with van der Waals surface area (Å²) >= 11 is 2.45. The Hall–Kier alpha value is -0.540. The number of hydrogen-bond acceptors (Lipinski definition) is 2. The monoisotopic (exact) mass is 146 g/mol. The summed E-state index contributed by atoms with van der Waals surface area (Å²) in [6.45, 7) is 1.43. The van der Waals surface area contributed by atoms with Crippen molar-refractivity contribution in [2.24, 2.45) is 0 Å². The molecule has 0 rings (SSSR count). The fourth-order valence-electron chi connectivity index (χ4n) is 0. The van der Waals surface area contributed by atoms with Gasteiger partial charge in [-0.15, -0.1) is 0 Å². The summed E-state index contributed by atoms with van der Waals surface area (Å²) in [7, 11) is 0. The van der Waals surface area contributed by atoms with Gasteiger partial charge in [-0.2, -0.15) is 10.5 Å². The molecule has 0 atom stereocenters. The van der Waals surface area contributed by atoms with Gasteiger partial charge in [-0.05, 0) is 0 Å². The first-order valence-corrected chi connectivity index (χ1v) is 1.93. The van der Waals surface area contributed by atoms with Gasteiger partial charge < -0.3 is 0 Å². The van der Waals surface area contributed by atoms with Crippen molar-refractivity contribution in [2.75, 3.05) is 0 Å². The molecule has 0 aromatic rings. The number of nitriles is 2. The van der Waals surface area contributed by atoms with Crippen molar-refractivity contribution < 1.29 is 0 Å². The van der Waals surface area contributed by atoms with Crippen LogP contribution in [-0.2, 0) is 0 Å². The lowest BCUT2D eigenvalue weighted by atomic mass is 11.0. The third-order valence-electron chi connectivity index (χ3n) is 0. The van der Waals surface area contributed by atoms with Gasteiger partial charge in [0.05, 0.1) is 6.07 Å². The van der Waals surface area contributed by atoms with Gasteiger partial charge in [-0.3, -0.25) is 0 Å². The van der Waals surface area contributed by atoms with E-state index < -0.39 is 0 Å². The molecule has 2 nitrogen and oxygen atoms in total. The molecule has 0 aliphatic carbocycles. The Bertz CT molecular complexity index is 63.8. The number of nitrogens with zero attached hydrogens (tertiary/aromatic N) is 2. The van der Waals surface area contributed by atoms with Crippen molar-refractivity contribution in [2.45, 2.75) is 6.92 Å². The molecular weight excluding hydrogens is 144 g/mol. The second kappa shape index (κ2) is 25.0. The van der Waals surface area contributed by atoms with Gasteiger partial charge in [0.1, 0.15) is 4.98 Å². The highest BCUT2D eigenvalue weighted by Crippen LogP contribution is 1.58. The highest BCUT2D eigenvalue weighted by Gasteiger charge is 1.23. The van der Waals surface area contributed by atoms with Crippen LogP contribution < -0.4 is 0 Å². The standard InChI is InChI=1S/C2H3N.CBrN/c1-2-3;2-1-3/h1H3;. The van der Waals surface area contributed by atoms with Gasteiger partial charge in [0.25, 0.3) is 0 Å². The van der Waals surface area contributed by atoms with Crippen LogP contribution in [-0.4, -0.2) is 0 Å². The van der Waals surface area contributed by atoms with E-state index in [-0.39, 0.29) is 0 Å². The summed E-state index contributed by atoms with van der Waals surface area (Å²) in [5, 5.41) is 14.6. The Kier molecular flexibility index (Phi) is 37.9. The number of rotatable bonds is 0. The summed E-state index contributed by atoms with van der Waals surface area (Å²) in [5.41, 5.74) is 0. The molecular formula is C3H3BrN2. The maximum Gasteiger partial charge on any atom is 0.142 e. The summed E-state index contributed by atoms with van der Waals surface area (Å²) in [5.74, 6) is 0. The Morgan fingerprint density at radius 1 is 1.50 bits per heavy atom. The summed E-state index contributed by atoms with van der Waals surface area (Å²) < 4.78 is 0. The van der Waals surface area contributed by atoms with Gasteiger partial charge in [-0.1, -0.05) is 0 Å². The van der Waals surface area contributed by atoms with Crippen molar-refractivity contribution >= 4 is 15.9 Å². The van der Waals surface area contributed by atoms with E-state index in [1.54, 1.807) is 11.0 Å². The van der Waals surface area contributed by atoms with Gasteiger partial charge in [0.2, 0.25) is 0 Å². The molecule has 32 valence electrons. The van der Waals surface area contributed by atoms with E-state index in [0.717, 1.165) is 0 Å². The third kappa shape index (κ3) is 71.8. The highest BCUT2D eigenvalue weighted by atomic mass is 79.9. The zero-order valence-electron chi connectivity index (χ0n) is 3.27. The average molecular weight is 147 g/mol. The van der Waals surface area contributed by atoms with Crippen LogP contribution in [0, 0.1) is 21.6 Å². The van der Waals surface area contributed by atoms with Crippen molar-refractivity contribution in [1.82, 2.24) is 0 Å². The Balaban J connectivity index is 0. The molecule has 0 saturated heterocycles. The second-order valence-electron chi connectivity index (χ2n) is 0.308. The fourth-order valence-corrected chi connectivity index (χ4v) is 0. The maximum atomic E-state index is 7.32. The largest absolute Gasteiger partial charge is 0.199 e. The minimum absolute atomic E-state index is 1.43. The smallest absolute Gasteiger partial charge is 0.142 e. The molecule has 0 heterocycles. The van der Waals surface area contributed by atoms with Crippen molar-refractivity contribution in [3.63, 3.8) is 0 Å². The minimum atomic E-state index is 1.43. The van der Waals surface area contributed by atoms with Crippen molar-refractivity contribution in [3.05, 3.63) is 0 Å². The van der Waals surface area contributed by atoms with E-state index in [1.165, 1.54) is 6.92 Å². The SMILES string of the molecule is CC#N.N#CBr. The zero-order valence-corrected chi connectivity index (χ0v) is 4.86. The summed E-state index contributed by atoms with van der Waals surface area (Å²) in [4.78, 5) is 1.56. The van der Waals surface area contributed by atoms with Crippen LogP contribution in [0.5, 0.6) is 0 Å². The van der Waals surface area contributed by atoms with E-state index in [0.29, 0.717) is 0 Å². The maximum absolute atomic E-state index is 7.32. The first-order chi connectivity index (χ1) is 2.83. The van der Waals surface area contributed by atoms with Gasteiger partial charge in [-0.25, -0.2) is 0 Å². The predicted molar refractivity (Wildman–Crippen MR) is 25.8 cm³/mol. The molecule has 0 aliphatic rings. The molecule has 0 amide bonds. The molecule has 0 spiro atoms. The Labute approximate surface area is 45.1 Å². The summed E-state index contributed by atoms with van der Waals surface area (Å²) in [6.07, 6.45) is 0. The lowest BCUT2D eigenvalue weighted by molar-refractivity contribution is 1.49. The van der Waals surface area contributed by atoms with Crippen molar-refractivity contribution in [3.8, 4) is 11.0 Å². The second-order valence-corrected chi connectivity index (χ2v) is 0.663. The lowest BCUT2D eigenvalue weighted by Gasteiger charge is -1.15. The molecule has 3 heteroatoms. The summed E-state index contributed by atoms with van der Waals surface area (Å²) in [6, 6.07) is 1.75. The highest BCUT2D eigenvalue weighted by molar-refractivity contribution is 9.12. The van der Waals surface area contributed by atoms with Crippen LogP contribution in [0.4, 0.5) is 0 Å². The van der Waals surface area contributed by atoms with Gasteiger partial charge in [0.15, 0.2) is 0 Å². The normalized spacial score (nSPS) is 2.67. The van der Waals surface area contributed by atoms with Crippen molar-refractivity contribution in [1.29, 1.82) is 10.5 Å². The van der Waals surface area contributed by atoms with Crippen LogP contribution in [0.25, 0.3) is 0 Å². The average Bonchev–Trinajstić information content (AvgIpc) is 1.39. The van der Waals surface area contributed by atoms with E-state index in [2.05, 4.69) is 15.9 Å². The molecule has 0 aliphatic heterocycles. The zero-order chi connectivity index (χ0) is 5.41. The lowest BCUT2D eigenvalue weighted by Crippen LogP contribution is -1.10. The van der Waals surface area contributed by atoms with E-state index >= 15 is 0 Å². The molecule has 6 heavy (non-hydrogen) atoms. The molecule has 0 bridgehead atoms. The number of hydrogen-bond donors (Lipinski definition) is 0. The van der Waals surface area contributed by atoms with Crippen LogP contribution in [0.2, 0.25) is 0 Å². The van der Waals surface area contributed by atoms with Crippen LogP contribution in [0.3, 0.4) is 0 Å². The van der Waals surface area contributed by atoms with Crippen LogP contribution in [0.15, 0.2) is 0 Å². The van der Waals surface area contributed by atoms with Crippen LogP contribution >= 0.6 is 15.9 Å². The molecule has 0 fully saturated rings. The van der Waals surface area contributed by atoms with E-state index in [1.807, 2.05) is 0 Å². The van der Waals surface area contributed by atoms with E-state index in [4.69, 9.17) is 10.5 Å². The van der Waals surface area contributed by atoms with E-state index in [9.17, 15) is 0 Å². The first kappa shape index (κ1) is 9.07. The fraction of sp³-hybridized carbons (Fsp3) is 0.333. The van der Waals surface area contributed by atoms with Gasteiger partial charge in [0, 0.05) is 22.9 Å². The topological polar surface area (TPSA) is 47.6 Å². The molecule has 0 aromatic heterocycles. The predicted octanol–water partition coefficient (Wildman–Crippen LogP) is 1.39. The quantitative estimate of drug-likeness (QED) is 0.519. The molecule has 0 N–H and O–H groups in total. The third-order valence-corrected chi connectivity index (χ3v) is 0. The Morgan fingerprint density at radius 2 is 1.50 bits per heavy atom. The van der Waals surface area contributed by atoms with Gasteiger partial charge >= 0.3 is 0 Å². The Morgan fingerprint density at radius 3 is 1.50 bits per heavy atom. The molecule has 0 aromatic carbocycles. The molecule has 0 saturated carbocycles.